The average Bonchev–Trinajstić information content (AvgIpc) is 3.36. The van der Waals surface area contributed by atoms with Crippen molar-refractivity contribution in [3.8, 4) is 0 Å². The molecular formula is C21H24N4O2S3. The monoisotopic (exact) mass is 460 g/mol. The van der Waals surface area contributed by atoms with Crippen LogP contribution in [0.2, 0.25) is 0 Å². The van der Waals surface area contributed by atoms with Gasteiger partial charge in [-0.15, -0.1) is 34.4 Å². The first-order valence-electron chi connectivity index (χ1n) is 10.6. The predicted octanol–water partition coefficient (Wildman–Crippen LogP) is 4.46. The van der Waals surface area contributed by atoms with E-state index >= 15 is 0 Å². The van der Waals surface area contributed by atoms with Gasteiger partial charge >= 0.3 is 0 Å². The number of thioether (sulfide) groups is 1. The Labute approximate surface area is 186 Å². The Morgan fingerprint density at radius 2 is 1.83 bits per heavy atom. The molecule has 0 radical (unpaired) electrons. The minimum Gasteiger partial charge on any atom is -0.309 e. The lowest BCUT2D eigenvalue weighted by Crippen LogP contribution is -2.15. The lowest BCUT2D eigenvalue weighted by Gasteiger charge is -2.06. The Bertz CT molecular complexity index is 1120. The van der Waals surface area contributed by atoms with Crippen LogP contribution in [0.15, 0.2) is 4.79 Å². The van der Waals surface area contributed by atoms with E-state index in [-0.39, 0.29) is 11.5 Å². The lowest BCUT2D eigenvalue weighted by atomic mass is 10.0. The topological polar surface area (TPSA) is 87.7 Å². The number of thiophene rings is 1. The van der Waals surface area contributed by atoms with Crippen LogP contribution < -0.4 is 10.9 Å². The third-order valence-electron chi connectivity index (χ3n) is 5.69. The Kier molecular flexibility index (Phi) is 5.93. The molecular weight excluding hydrogens is 436 g/mol. The van der Waals surface area contributed by atoms with E-state index in [1.807, 2.05) is 0 Å². The number of fused-ring (bicyclic) bond motifs is 4. The molecule has 0 fully saturated rings. The van der Waals surface area contributed by atoms with Gasteiger partial charge in [0, 0.05) is 9.75 Å². The van der Waals surface area contributed by atoms with E-state index in [2.05, 4.69) is 20.3 Å². The summed E-state index contributed by atoms with van der Waals surface area (Å²) in [5, 5.41) is 4.44. The van der Waals surface area contributed by atoms with Gasteiger partial charge in [-0.2, -0.15) is 0 Å². The predicted molar refractivity (Wildman–Crippen MR) is 125 cm³/mol. The number of thiazole rings is 1. The molecule has 2 aliphatic rings. The van der Waals surface area contributed by atoms with Crippen LogP contribution >= 0.6 is 34.4 Å². The molecule has 0 bridgehead atoms. The van der Waals surface area contributed by atoms with Gasteiger partial charge in [-0.1, -0.05) is 12.8 Å². The molecule has 0 atom stereocenters. The number of nitrogens with one attached hydrogen (secondary N) is 2. The lowest BCUT2D eigenvalue weighted by molar-refractivity contribution is -0.113. The zero-order chi connectivity index (χ0) is 20.5. The van der Waals surface area contributed by atoms with Gasteiger partial charge in [0.25, 0.3) is 5.56 Å². The van der Waals surface area contributed by atoms with Gasteiger partial charge < -0.3 is 10.3 Å². The zero-order valence-corrected chi connectivity index (χ0v) is 19.2. The van der Waals surface area contributed by atoms with Crippen molar-refractivity contribution in [2.24, 2.45) is 0 Å². The van der Waals surface area contributed by atoms with Crippen molar-refractivity contribution in [1.82, 2.24) is 15.0 Å². The van der Waals surface area contributed by atoms with Gasteiger partial charge in [0.05, 0.1) is 22.6 Å². The summed E-state index contributed by atoms with van der Waals surface area (Å²) in [6, 6.07) is 0. The largest absolute Gasteiger partial charge is 0.309 e. The highest BCUT2D eigenvalue weighted by Gasteiger charge is 2.21. The van der Waals surface area contributed by atoms with E-state index in [0.29, 0.717) is 22.5 Å². The summed E-state index contributed by atoms with van der Waals surface area (Å²) in [7, 11) is 0. The number of aryl methyl sites for hydroxylation is 4. The van der Waals surface area contributed by atoms with Crippen molar-refractivity contribution in [1.29, 1.82) is 0 Å². The van der Waals surface area contributed by atoms with E-state index < -0.39 is 0 Å². The quantitative estimate of drug-likeness (QED) is 0.587. The van der Waals surface area contributed by atoms with Crippen molar-refractivity contribution in [3.63, 3.8) is 0 Å². The molecule has 9 heteroatoms. The number of anilines is 1. The van der Waals surface area contributed by atoms with Gasteiger partial charge in [0.15, 0.2) is 5.13 Å². The number of hydrogen-bond acceptors (Lipinski definition) is 7. The molecule has 3 aromatic rings. The molecule has 2 aliphatic carbocycles. The van der Waals surface area contributed by atoms with Crippen molar-refractivity contribution in [2.45, 2.75) is 63.5 Å². The van der Waals surface area contributed by atoms with Crippen molar-refractivity contribution in [3.05, 3.63) is 37.2 Å². The highest BCUT2D eigenvalue weighted by Crippen LogP contribution is 2.34. The summed E-state index contributed by atoms with van der Waals surface area (Å²) in [6.07, 6.45) is 10.2. The first-order chi connectivity index (χ1) is 14.7. The van der Waals surface area contributed by atoms with Crippen LogP contribution in [-0.4, -0.2) is 26.6 Å². The number of aromatic nitrogens is 3. The normalized spacial score (nSPS) is 16.1. The van der Waals surface area contributed by atoms with Crippen LogP contribution in [0.3, 0.4) is 0 Å². The maximum Gasteiger partial charge on any atom is 0.259 e. The minimum atomic E-state index is -0.0553. The van der Waals surface area contributed by atoms with Gasteiger partial charge in [-0.05, 0) is 50.5 Å². The fourth-order valence-corrected chi connectivity index (χ4v) is 7.31. The van der Waals surface area contributed by atoms with Crippen molar-refractivity contribution >= 4 is 55.7 Å². The van der Waals surface area contributed by atoms with Gasteiger partial charge in [-0.25, -0.2) is 9.97 Å². The minimum absolute atomic E-state index is 0.0420. The average molecular weight is 461 g/mol. The molecule has 0 unspecified atom stereocenters. The second kappa shape index (κ2) is 8.80. The van der Waals surface area contributed by atoms with Crippen LogP contribution in [0.4, 0.5) is 5.13 Å². The molecule has 2 N–H and O–H groups in total. The van der Waals surface area contributed by atoms with Crippen LogP contribution in [0.1, 0.15) is 58.9 Å². The second-order valence-electron chi connectivity index (χ2n) is 7.89. The molecule has 0 aliphatic heterocycles. The molecule has 1 amide bonds. The zero-order valence-electron chi connectivity index (χ0n) is 16.7. The first-order valence-corrected chi connectivity index (χ1v) is 13.4. The standard InChI is InChI=1S/C21H24N4O2S3/c26-17(25-21-22-13-7-3-1-2-4-8-15(13)30-21)11-28-10-16-23-19(27)18-12-6-5-9-14(12)29-20(18)24-16/h1-11H2,(H,22,25,26)(H,23,24,27). The van der Waals surface area contributed by atoms with Crippen molar-refractivity contribution < 1.29 is 4.79 Å². The summed E-state index contributed by atoms with van der Waals surface area (Å²) in [6.45, 7) is 0. The number of amides is 1. The number of nitrogens with zero attached hydrogens (tertiary/aromatic N) is 2. The van der Waals surface area contributed by atoms with Gasteiger partial charge in [0.2, 0.25) is 5.91 Å². The Balaban J connectivity index is 1.18. The van der Waals surface area contributed by atoms with Crippen LogP contribution in [0.25, 0.3) is 10.2 Å². The molecule has 5 rings (SSSR count). The Morgan fingerprint density at radius 1 is 1.00 bits per heavy atom. The SMILES string of the molecule is O=C(CSCc1nc2sc3c(c2c(=O)[nH]1)CCC3)Nc1nc2c(s1)CCCCCC2. The molecule has 158 valence electrons. The number of carbonyl (C=O) groups excluding carboxylic acids is 1. The molecule has 30 heavy (non-hydrogen) atoms. The number of carbonyl (C=O) groups is 1. The fraction of sp³-hybridized carbons (Fsp3) is 0.524. The molecule has 3 heterocycles. The number of hydrogen-bond donors (Lipinski definition) is 2. The third-order valence-corrected chi connectivity index (χ3v) is 8.89. The van der Waals surface area contributed by atoms with Crippen LogP contribution in [0.5, 0.6) is 0 Å². The molecule has 0 aromatic carbocycles. The number of aromatic amines is 1. The van der Waals surface area contributed by atoms with Crippen molar-refractivity contribution in [2.75, 3.05) is 11.1 Å². The van der Waals surface area contributed by atoms with E-state index in [0.717, 1.165) is 42.3 Å². The maximum atomic E-state index is 12.5. The van der Waals surface area contributed by atoms with E-state index in [1.54, 1.807) is 22.7 Å². The molecule has 3 aromatic heterocycles. The maximum absolute atomic E-state index is 12.5. The van der Waals surface area contributed by atoms with Gasteiger partial charge in [-0.3, -0.25) is 9.59 Å². The highest BCUT2D eigenvalue weighted by molar-refractivity contribution is 7.99. The third kappa shape index (κ3) is 4.20. The van der Waals surface area contributed by atoms with Crippen LogP contribution in [-0.2, 0) is 36.2 Å². The Hall–Kier alpha value is -1.71. The summed E-state index contributed by atoms with van der Waals surface area (Å²) in [5.41, 5.74) is 2.32. The molecule has 6 nitrogen and oxygen atoms in total. The molecule has 0 saturated carbocycles. The highest BCUT2D eigenvalue weighted by atomic mass is 32.2. The molecule has 0 saturated heterocycles. The van der Waals surface area contributed by atoms with E-state index in [9.17, 15) is 9.59 Å². The van der Waals surface area contributed by atoms with E-state index in [4.69, 9.17) is 0 Å². The summed E-state index contributed by atoms with van der Waals surface area (Å²) in [4.78, 5) is 40.6. The Morgan fingerprint density at radius 3 is 2.73 bits per heavy atom. The smallest absolute Gasteiger partial charge is 0.259 e. The number of H-pyrrole nitrogens is 1. The molecule has 0 spiro atoms. The van der Waals surface area contributed by atoms with Crippen LogP contribution in [0, 0.1) is 0 Å². The van der Waals surface area contributed by atoms with Gasteiger partial charge in [0.1, 0.15) is 10.7 Å². The van der Waals surface area contributed by atoms with E-state index in [1.165, 1.54) is 58.5 Å². The summed E-state index contributed by atoms with van der Waals surface area (Å²) < 4.78 is 0. The second-order valence-corrected chi connectivity index (χ2v) is 11.0. The summed E-state index contributed by atoms with van der Waals surface area (Å²) >= 11 is 4.73. The number of rotatable bonds is 5. The summed E-state index contributed by atoms with van der Waals surface area (Å²) in [5.74, 6) is 1.41. The fourth-order valence-electron chi connectivity index (χ4n) is 4.27. The first kappa shape index (κ1) is 20.2.